The molecule has 10 heavy (non-hydrogen) atoms. The zero-order valence-corrected chi connectivity index (χ0v) is 8.14. The van der Waals surface area contributed by atoms with E-state index >= 15 is 0 Å². The Morgan fingerprint density at radius 2 is 1.90 bits per heavy atom. The Balaban J connectivity index is 3.04. The average Bonchev–Trinajstić information content (AvgIpc) is 1.78. The second-order valence-corrected chi connectivity index (χ2v) is 4.43. The number of ether oxygens (including phenoxy) is 1. The fourth-order valence-electron chi connectivity index (χ4n) is 0.519. The van der Waals surface area contributed by atoms with Gasteiger partial charge in [0.05, 0.1) is 0 Å². The summed E-state index contributed by atoms with van der Waals surface area (Å²) in [7, 11) is 0. The van der Waals surface area contributed by atoms with E-state index in [0.717, 1.165) is 13.0 Å². The molecule has 0 aliphatic carbocycles. The fourth-order valence-corrected chi connectivity index (χ4v) is 0.920. The summed E-state index contributed by atoms with van der Waals surface area (Å²) in [5.74, 6) is 0. The number of alkyl halides is 3. The summed E-state index contributed by atoms with van der Waals surface area (Å²) in [5.41, 5.74) is 0. The molecule has 0 unspecified atom stereocenters. The van der Waals surface area contributed by atoms with Gasteiger partial charge in [0.2, 0.25) is 0 Å². The largest absolute Gasteiger partial charge is 0.382 e. The van der Waals surface area contributed by atoms with Gasteiger partial charge in [0.15, 0.2) is 3.79 Å². The van der Waals surface area contributed by atoms with Gasteiger partial charge in [-0.2, -0.15) is 0 Å². The monoisotopic (exact) mass is 204 g/mol. The third-order valence-corrected chi connectivity index (χ3v) is 1.52. The molecule has 0 N–H and O–H groups in total. The molecule has 0 heterocycles. The molecule has 62 valence electrons. The highest BCUT2D eigenvalue weighted by atomic mass is 35.6. The normalized spacial score (nSPS) is 12.0. The summed E-state index contributed by atoms with van der Waals surface area (Å²) in [5, 5.41) is 0. The van der Waals surface area contributed by atoms with E-state index in [2.05, 4.69) is 0 Å². The summed E-state index contributed by atoms with van der Waals surface area (Å²) in [4.78, 5) is 0. The molecule has 0 saturated carbocycles. The third kappa shape index (κ3) is 8.83. The Morgan fingerprint density at radius 1 is 1.30 bits per heavy atom. The predicted molar refractivity (Wildman–Crippen MR) is 46.0 cm³/mol. The molecule has 0 bridgehead atoms. The maximum absolute atomic E-state index is 5.49. The zero-order valence-electron chi connectivity index (χ0n) is 5.87. The van der Waals surface area contributed by atoms with Crippen LogP contribution in [0.15, 0.2) is 0 Å². The Hall–Kier alpha value is 0.830. The van der Waals surface area contributed by atoms with Gasteiger partial charge < -0.3 is 4.74 Å². The van der Waals surface area contributed by atoms with E-state index in [4.69, 9.17) is 39.5 Å². The van der Waals surface area contributed by atoms with Crippen LogP contribution >= 0.6 is 34.8 Å². The first-order chi connectivity index (χ1) is 4.56. The lowest BCUT2D eigenvalue weighted by Crippen LogP contribution is -2.04. The molecule has 4 heteroatoms. The predicted octanol–water partition coefficient (Wildman–Crippen LogP) is 3.17. The van der Waals surface area contributed by atoms with Crippen LogP contribution in [0.4, 0.5) is 0 Å². The summed E-state index contributed by atoms with van der Waals surface area (Å²) in [6, 6.07) is 0. The Labute approximate surface area is 76.6 Å². The van der Waals surface area contributed by atoms with Crippen molar-refractivity contribution in [3.63, 3.8) is 0 Å². The number of hydrogen-bond donors (Lipinski definition) is 0. The van der Waals surface area contributed by atoms with Crippen LogP contribution in [-0.4, -0.2) is 17.0 Å². The summed E-state index contributed by atoms with van der Waals surface area (Å²) < 4.78 is 3.94. The van der Waals surface area contributed by atoms with Crippen LogP contribution in [-0.2, 0) is 4.74 Å². The third-order valence-electron chi connectivity index (χ3n) is 0.953. The Kier molecular flexibility index (Phi) is 5.93. The van der Waals surface area contributed by atoms with Crippen LogP contribution < -0.4 is 0 Å². The molecule has 0 radical (unpaired) electrons. The van der Waals surface area contributed by atoms with Crippen LogP contribution in [0.3, 0.4) is 0 Å². The van der Waals surface area contributed by atoms with Gasteiger partial charge in [0, 0.05) is 13.2 Å². The van der Waals surface area contributed by atoms with E-state index in [0.29, 0.717) is 13.0 Å². The van der Waals surface area contributed by atoms with Crippen molar-refractivity contribution >= 4 is 34.8 Å². The highest BCUT2D eigenvalue weighted by Gasteiger charge is 2.17. The van der Waals surface area contributed by atoms with Gasteiger partial charge in [-0.15, -0.1) is 0 Å². The summed E-state index contributed by atoms with van der Waals surface area (Å²) in [6.45, 7) is 3.33. The topological polar surface area (TPSA) is 9.23 Å². The van der Waals surface area contributed by atoms with Gasteiger partial charge in [-0.3, -0.25) is 0 Å². The second kappa shape index (κ2) is 5.48. The van der Waals surface area contributed by atoms with E-state index in [1.807, 2.05) is 6.92 Å². The molecule has 0 fully saturated rings. The molecule has 0 aliphatic rings. The van der Waals surface area contributed by atoms with Gasteiger partial charge in [0.1, 0.15) is 0 Å². The number of halogens is 3. The van der Waals surface area contributed by atoms with Crippen LogP contribution in [0.25, 0.3) is 0 Å². The lowest BCUT2D eigenvalue weighted by Gasteiger charge is -2.09. The number of rotatable bonds is 4. The lowest BCUT2D eigenvalue weighted by atomic mass is 10.3. The molecule has 1 nitrogen and oxygen atoms in total. The van der Waals surface area contributed by atoms with Crippen molar-refractivity contribution in [2.45, 2.75) is 23.6 Å². The van der Waals surface area contributed by atoms with E-state index < -0.39 is 3.79 Å². The van der Waals surface area contributed by atoms with Gasteiger partial charge in [-0.1, -0.05) is 34.8 Å². The molecule has 0 spiro atoms. The molecule has 0 saturated heterocycles. The van der Waals surface area contributed by atoms with Gasteiger partial charge in [-0.25, -0.2) is 0 Å². The van der Waals surface area contributed by atoms with Crippen LogP contribution in [0.5, 0.6) is 0 Å². The van der Waals surface area contributed by atoms with Crippen molar-refractivity contribution in [3.8, 4) is 0 Å². The molecule has 0 atom stereocenters. The Bertz CT molecular complexity index is 79.6. The molecule has 0 rings (SSSR count). The molecule has 0 aromatic rings. The van der Waals surface area contributed by atoms with Crippen molar-refractivity contribution in [1.29, 1.82) is 0 Å². The minimum atomic E-state index is -1.11. The molecule has 0 amide bonds. The average molecular weight is 206 g/mol. The maximum Gasteiger partial charge on any atom is 0.190 e. The van der Waals surface area contributed by atoms with Crippen molar-refractivity contribution < 1.29 is 4.74 Å². The number of hydrogen-bond acceptors (Lipinski definition) is 1. The Morgan fingerprint density at radius 3 is 2.30 bits per heavy atom. The van der Waals surface area contributed by atoms with E-state index in [1.165, 1.54) is 0 Å². The second-order valence-electron chi connectivity index (χ2n) is 1.92. The SMILES string of the molecule is CCOCCCC(Cl)(Cl)Cl. The smallest absolute Gasteiger partial charge is 0.190 e. The quantitative estimate of drug-likeness (QED) is 0.506. The van der Waals surface area contributed by atoms with Crippen molar-refractivity contribution in [3.05, 3.63) is 0 Å². The first-order valence-electron chi connectivity index (χ1n) is 3.20. The minimum Gasteiger partial charge on any atom is -0.382 e. The summed E-state index contributed by atoms with van der Waals surface area (Å²) >= 11 is 16.5. The van der Waals surface area contributed by atoms with Crippen molar-refractivity contribution in [2.24, 2.45) is 0 Å². The van der Waals surface area contributed by atoms with Crippen LogP contribution in [0.1, 0.15) is 19.8 Å². The van der Waals surface area contributed by atoms with Gasteiger partial charge >= 0.3 is 0 Å². The van der Waals surface area contributed by atoms with Crippen molar-refractivity contribution in [2.75, 3.05) is 13.2 Å². The standard InChI is InChI=1S/C6H11Cl3O/c1-2-10-5-3-4-6(7,8)9/h2-5H2,1H3. The molecular formula is C6H11Cl3O. The molecule has 0 aromatic carbocycles. The van der Waals surface area contributed by atoms with Gasteiger partial charge in [0.25, 0.3) is 0 Å². The van der Waals surface area contributed by atoms with E-state index in [-0.39, 0.29) is 0 Å². The first kappa shape index (κ1) is 10.8. The molecule has 0 aliphatic heterocycles. The fraction of sp³-hybridized carbons (Fsp3) is 1.00. The zero-order chi connectivity index (χ0) is 8.04. The maximum atomic E-state index is 5.49. The minimum absolute atomic E-state index is 0.553. The van der Waals surface area contributed by atoms with Crippen LogP contribution in [0, 0.1) is 0 Å². The van der Waals surface area contributed by atoms with Crippen molar-refractivity contribution in [1.82, 2.24) is 0 Å². The highest BCUT2D eigenvalue weighted by Crippen LogP contribution is 2.30. The summed E-state index contributed by atoms with van der Waals surface area (Å²) in [6.07, 6.45) is 1.35. The molecule has 0 aromatic heterocycles. The van der Waals surface area contributed by atoms with Crippen LogP contribution in [0.2, 0.25) is 0 Å². The highest BCUT2D eigenvalue weighted by molar-refractivity contribution is 6.67. The van der Waals surface area contributed by atoms with Gasteiger partial charge in [-0.05, 0) is 19.8 Å². The molecular weight excluding hydrogens is 194 g/mol. The van der Waals surface area contributed by atoms with E-state index in [9.17, 15) is 0 Å². The lowest BCUT2D eigenvalue weighted by molar-refractivity contribution is 0.143. The first-order valence-corrected chi connectivity index (χ1v) is 4.34. The van der Waals surface area contributed by atoms with E-state index in [1.54, 1.807) is 0 Å².